The first-order chi connectivity index (χ1) is 8.80. The summed E-state index contributed by atoms with van der Waals surface area (Å²) in [6.45, 7) is 8.49. The van der Waals surface area contributed by atoms with Crippen LogP contribution in [0.25, 0.3) is 0 Å². The SMILES string of the molecule is Cc1ccc(OCCOC(=O)N(C)C(C)(C)C)cc1. The van der Waals surface area contributed by atoms with Crippen molar-refractivity contribution in [3.63, 3.8) is 0 Å². The monoisotopic (exact) mass is 265 g/mol. The van der Waals surface area contributed by atoms with Crippen LogP contribution in [0.3, 0.4) is 0 Å². The highest BCUT2D eigenvalue weighted by molar-refractivity contribution is 5.68. The van der Waals surface area contributed by atoms with Crippen molar-refractivity contribution in [1.29, 1.82) is 0 Å². The van der Waals surface area contributed by atoms with E-state index in [1.54, 1.807) is 11.9 Å². The van der Waals surface area contributed by atoms with Crippen LogP contribution in [0.2, 0.25) is 0 Å². The van der Waals surface area contributed by atoms with E-state index in [0.717, 1.165) is 5.75 Å². The zero-order valence-electron chi connectivity index (χ0n) is 12.4. The van der Waals surface area contributed by atoms with Crippen LogP contribution < -0.4 is 4.74 Å². The van der Waals surface area contributed by atoms with Gasteiger partial charge in [0.1, 0.15) is 19.0 Å². The molecule has 0 radical (unpaired) electrons. The third-order valence-electron chi connectivity index (χ3n) is 2.88. The summed E-state index contributed by atoms with van der Waals surface area (Å²) in [4.78, 5) is 13.3. The molecule has 1 amide bonds. The number of rotatable bonds is 4. The van der Waals surface area contributed by atoms with Gasteiger partial charge in [-0.2, -0.15) is 0 Å². The van der Waals surface area contributed by atoms with Crippen molar-refractivity contribution in [3.8, 4) is 5.75 Å². The number of benzene rings is 1. The molecule has 0 atom stereocenters. The molecule has 4 nitrogen and oxygen atoms in total. The fourth-order valence-corrected chi connectivity index (χ4v) is 1.29. The standard InChI is InChI=1S/C15H23NO3/c1-12-6-8-13(9-7-12)18-10-11-19-14(17)16(5)15(2,3)4/h6-9H,10-11H2,1-5H3. The number of ether oxygens (including phenoxy) is 2. The molecular formula is C15H23NO3. The van der Waals surface area contributed by atoms with Crippen molar-refractivity contribution in [2.24, 2.45) is 0 Å². The third kappa shape index (κ3) is 5.20. The highest BCUT2D eigenvalue weighted by Gasteiger charge is 2.23. The van der Waals surface area contributed by atoms with Crippen molar-refractivity contribution in [1.82, 2.24) is 4.90 Å². The molecule has 0 bridgehead atoms. The lowest BCUT2D eigenvalue weighted by Gasteiger charge is -2.30. The number of carbonyl (C=O) groups is 1. The number of aryl methyl sites for hydroxylation is 1. The maximum Gasteiger partial charge on any atom is 0.410 e. The van der Waals surface area contributed by atoms with Crippen molar-refractivity contribution in [2.75, 3.05) is 20.3 Å². The molecule has 0 heterocycles. The first kappa shape index (κ1) is 15.3. The van der Waals surface area contributed by atoms with Gasteiger partial charge in [-0.3, -0.25) is 0 Å². The van der Waals surface area contributed by atoms with E-state index < -0.39 is 0 Å². The lowest BCUT2D eigenvalue weighted by atomic mass is 10.1. The zero-order valence-corrected chi connectivity index (χ0v) is 12.4. The molecule has 4 heteroatoms. The Kier molecular flexibility index (Phi) is 5.21. The number of amides is 1. The van der Waals surface area contributed by atoms with Gasteiger partial charge in [-0.1, -0.05) is 17.7 Å². The minimum Gasteiger partial charge on any atom is -0.490 e. The Labute approximate surface area is 115 Å². The minimum absolute atomic E-state index is 0.241. The van der Waals surface area contributed by atoms with Crippen LogP contribution >= 0.6 is 0 Å². The minimum atomic E-state index is -0.333. The van der Waals surface area contributed by atoms with E-state index in [-0.39, 0.29) is 18.2 Å². The molecule has 0 spiro atoms. The Hall–Kier alpha value is -1.71. The van der Waals surface area contributed by atoms with Crippen molar-refractivity contribution in [2.45, 2.75) is 33.2 Å². The fourth-order valence-electron chi connectivity index (χ4n) is 1.29. The molecule has 1 aromatic rings. The van der Waals surface area contributed by atoms with Gasteiger partial charge in [-0.25, -0.2) is 4.79 Å². The van der Waals surface area contributed by atoms with E-state index in [1.807, 2.05) is 52.0 Å². The van der Waals surface area contributed by atoms with Gasteiger partial charge < -0.3 is 14.4 Å². The van der Waals surface area contributed by atoms with Crippen LogP contribution in [-0.4, -0.2) is 36.8 Å². The highest BCUT2D eigenvalue weighted by atomic mass is 16.6. The molecule has 0 N–H and O–H groups in total. The average Bonchev–Trinajstić information content (AvgIpc) is 2.34. The predicted molar refractivity (Wildman–Crippen MR) is 75.5 cm³/mol. The molecule has 1 aromatic carbocycles. The first-order valence-electron chi connectivity index (χ1n) is 6.41. The smallest absolute Gasteiger partial charge is 0.410 e. The van der Waals surface area contributed by atoms with Gasteiger partial charge in [0.15, 0.2) is 0 Å². The molecule has 0 saturated carbocycles. The molecular weight excluding hydrogens is 242 g/mol. The lowest BCUT2D eigenvalue weighted by Crippen LogP contribution is -2.43. The molecule has 0 aliphatic carbocycles. The first-order valence-corrected chi connectivity index (χ1v) is 6.41. The zero-order chi connectivity index (χ0) is 14.5. The second-order valence-corrected chi connectivity index (χ2v) is 5.51. The van der Waals surface area contributed by atoms with E-state index >= 15 is 0 Å². The summed E-state index contributed by atoms with van der Waals surface area (Å²) in [5, 5.41) is 0. The summed E-state index contributed by atoms with van der Waals surface area (Å²) in [5.74, 6) is 0.783. The quantitative estimate of drug-likeness (QED) is 0.784. The van der Waals surface area contributed by atoms with Gasteiger partial charge in [0.25, 0.3) is 0 Å². The number of nitrogens with zero attached hydrogens (tertiary/aromatic N) is 1. The Morgan fingerprint density at radius 2 is 1.74 bits per heavy atom. The summed E-state index contributed by atoms with van der Waals surface area (Å²) in [6.07, 6.45) is -0.333. The maximum absolute atomic E-state index is 11.7. The molecule has 0 saturated heterocycles. The molecule has 19 heavy (non-hydrogen) atoms. The van der Waals surface area contributed by atoms with E-state index in [4.69, 9.17) is 9.47 Å². The molecule has 0 unspecified atom stereocenters. The maximum atomic E-state index is 11.7. The van der Waals surface area contributed by atoms with Crippen LogP contribution in [0.15, 0.2) is 24.3 Å². The van der Waals surface area contributed by atoms with Crippen molar-refractivity contribution in [3.05, 3.63) is 29.8 Å². The van der Waals surface area contributed by atoms with E-state index in [0.29, 0.717) is 6.61 Å². The van der Waals surface area contributed by atoms with Gasteiger partial charge in [0.05, 0.1) is 0 Å². The van der Waals surface area contributed by atoms with Crippen LogP contribution in [0, 0.1) is 6.92 Å². The Balaban J connectivity index is 2.28. The normalized spacial score (nSPS) is 11.0. The summed E-state index contributed by atoms with van der Waals surface area (Å²) in [7, 11) is 1.73. The largest absolute Gasteiger partial charge is 0.490 e. The van der Waals surface area contributed by atoms with Gasteiger partial charge in [-0.15, -0.1) is 0 Å². The fraction of sp³-hybridized carbons (Fsp3) is 0.533. The Bertz CT molecular complexity index is 406. The average molecular weight is 265 g/mol. The third-order valence-corrected chi connectivity index (χ3v) is 2.88. The number of hydrogen-bond donors (Lipinski definition) is 0. The van der Waals surface area contributed by atoms with E-state index in [1.165, 1.54) is 5.56 Å². The summed E-state index contributed by atoms with van der Waals surface area (Å²) in [6, 6.07) is 7.76. The molecule has 1 rings (SSSR count). The van der Waals surface area contributed by atoms with Gasteiger partial charge in [0.2, 0.25) is 0 Å². The Morgan fingerprint density at radius 1 is 1.16 bits per heavy atom. The van der Waals surface area contributed by atoms with Gasteiger partial charge >= 0.3 is 6.09 Å². The Morgan fingerprint density at radius 3 is 2.26 bits per heavy atom. The van der Waals surface area contributed by atoms with Gasteiger partial charge in [0, 0.05) is 12.6 Å². The van der Waals surface area contributed by atoms with Crippen molar-refractivity contribution < 1.29 is 14.3 Å². The molecule has 106 valence electrons. The summed E-state index contributed by atoms with van der Waals surface area (Å²) in [5.41, 5.74) is 0.945. The van der Waals surface area contributed by atoms with Crippen LogP contribution in [0.4, 0.5) is 4.79 Å². The number of carbonyl (C=O) groups excluding carboxylic acids is 1. The van der Waals surface area contributed by atoms with E-state index in [2.05, 4.69) is 0 Å². The molecule has 0 fully saturated rings. The highest BCUT2D eigenvalue weighted by Crippen LogP contribution is 2.12. The topological polar surface area (TPSA) is 38.8 Å². The van der Waals surface area contributed by atoms with Crippen LogP contribution in [0.5, 0.6) is 5.75 Å². The van der Waals surface area contributed by atoms with Crippen LogP contribution in [0.1, 0.15) is 26.3 Å². The second-order valence-electron chi connectivity index (χ2n) is 5.51. The summed E-state index contributed by atoms with van der Waals surface area (Å²) >= 11 is 0. The summed E-state index contributed by atoms with van der Waals surface area (Å²) < 4.78 is 10.6. The predicted octanol–water partition coefficient (Wildman–Crippen LogP) is 3.24. The lowest BCUT2D eigenvalue weighted by molar-refractivity contribution is 0.0704. The second kappa shape index (κ2) is 6.45. The molecule has 0 aliphatic heterocycles. The number of hydrogen-bond acceptors (Lipinski definition) is 3. The van der Waals surface area contributed by atoms with Crippen molar-refractivity contribution >= 4 is 6.09 Å². The van der Waals surface area contributed by atoms with Crippen LogP contribution in [-0.2, 0) is 4.74 Å². The van der Waals surface area contributed by atoms with Gasteiger partial charge in [-0.05, 0) is 39.8 Å². The molecule has 0 aromatic heterocycles. The molecule has 0 aliphatic rings. The van der Waals surface area contributed by atoms with E-state index in [9.17, 15) is 4.79 Å².